The Hall–Kier alpha value is -2.60. The fraction of sp³-hybridized carbons (Fsp3) is 0.111. The molecular weight excluding hydrogens is 372 g/mol. The highest BCUT2D eigenvalue weighted by Gasteiger charge is 2.09. The van der Waals surface area contributed by atoms with Gasteiger partial charge in [0.15, 0.2) is 0 Å². The first-order valence-corrected chi connectivity index (χ1v) is 8.10. The smallest absolute Gasteiger partial charge is 0.250 e. The summed E-state index contributed by atoms with van der Waals surface area (Å²) < 4.78 is 6.41. The summed E-state index contributed by atoms with van der Waals surface area (Å²) in [6.45, 7) is 2.42. The van der Waals surface area contributed by atoms with Crippen LogP contribution in [0, 0.1) is 0 Å². The number of amides is 2. The van der Waals surface area contributed by atoms with Gasteiger partial charge in [-0.1, -0.05) is 28.1 Å². The van der Waals surface area contributed by atoms with Gasteiger partial charge >= 0.3 is 0 Å². The van der Waals surface area contributed by atoms with Crippen LogP contribution in [-0.2, 0) is 4.79 Å². The third-order valence-electron chi connectivity index (χ3n) is 3.14. The zero-order valence-corrected chi connectivity index (χ0v) is 14.7. The van der Waals surface area contributed by atoms with Crippen molar-refractivity contribution < 1.29 is 14.3 Å². The number of ether oxygens (including phenoxy) is 1. The van der Waals surface area contributed by atoms with Crippen LogP contribution in [-0.4, -0.2) is 18.4 Å². The number of anilines is 1. The minimum Gasteiger partial charge on any atom is -0.493 e. The maximum atomic E-state index is 12.1. The molecule has 0 aromatic heterocycles. The lowest BCUT2D eigenvalue weighted by Crippen LogP contribution is -2.16. The Balaban J connectivity index is 2.17. The molecule has 3 N–H and O–H groups in total. The van der Waals surface area contributed by atoms with Gasteiger partial charge in [-0.15, -0.1) is 0 Å². The second-order valence-corrected chi connectivity index (χ2v) is 5.76. The van der Waals surface area contributed by atoms with Crippen molar-refractivity contribution in [1.29, 1.82) is 0 Å². The highest BCUT2D eigenvalue weighted by atomic mass is 79.9. The van der Waals surface area contributed by atoms with E-state index in [4.69, 9.17) is 10.5 Å². The maximum Gasteiger partial charge on any atom is 0.250 e. The molecule has 0 atom stereocenters. The van der Waals surface area contributed by atoms with E-state index in [1.165, 1.54) is 6.08 Å². The van der Waals surface area contributed by atoms with Crippen LogP contribution in [0.5, 0.6) is 5.75 Å². The standard InChI is InChI=1S/C18H17BrN2O3/c1-2-24-16-9-8-13(19)11-12(16)7-10-17(22)21-15-6-4-3-5-14(15)18(20)23/h3-11H,2H2,1H3,(H2,20,23)(H,21,22)/b10-7+. The molecule has 24 heavy (non-hydrogen) atoms. The van der Waals surface area contributed by atoms with Crippen molar-refractivity contribution in [2.75, 3.05) is 11.9 Å². The molecule has 2 aromatic rings. The van der Waals surface area contributed by atoms with Crippen molar-refractivity contribution in [2.24, 2.45) is 5.73 Å². The summed E-state index contributed by atoms with van der Waals surface area (Å²) in [4.78, 5) is 23.5. The Morgan fingerprint density at radius 1 is 1.25 bits per heavy atom. The van der Waals surface area contributed by atoms with Crippen LogP contribution in [0.4, 0.5) is 5.69 Å². The van der Waals surface area contributed by atoms with Crippen molar-refractivity contribution >= 4 is 39.5 Å². The monoisotopic (exact) mass is 388 g/mol. The van der Waals surface area contributed by atoms with E-state index in [0.29, 0.717) is 18.0 Å². The van der Waals surface area contributed by atoms with E-state index < -0.39 is 5.91 Å². The second kappa shape index (κ2) is 8.31. The molecule has 0 unspecified atom stereocenters. The molecule has 0 spiro atoms. The Bertz CT molecular complexity index is 788. The number of nitrogens with one attached hydrogen (secondary N) is 1. The lowest BCUT2D eigenvalue weighted by atomic mass is 10.1. The molecule has 0 radical (unpaired) electrons. The molecule has 0 aliphatic rings. The van der Waals surface area contributed by atoms with Crippen LogP contribution < -0.4 is 15.8 Å². The number of benzene rings is 2. The Morgan fingerprint density at radius 3 is 2.71 bits per heavy atom. The summed E-state index contributed by atoms with van der Waals surface area (Å²) in [5, 5.41) is 2.65. The minimum absolute atomic E-state index is 0.261. The van der Waals surface area contributed by atoms with Crippen LogP contribution in [0.2, 0.25) is 0 Å². The van der Waals surface area contributed by atoms with Gasteiger partial charge in [0.1, 0.15) is 5.75 Å². The van der Waals surface area contributed by atoms with Crippen molar-refractivity contribution in [1.82, 2.24) is 0 Å². The van der Waals surface area contributed by atoms with E-state index in [-0.39, 0.29) is 11.5 Å². The van der Waals surface area contributed by atoms with Crippen molar-refractivity contribution in [3.63, 3.8) is 0 Å². The first-order chi connectivity index (χ1) is 11.5. The van der Waals surface area contributed by atoms with Gasteiger partial charge in [0.25, 0.3) is 5.91 Å². The van der Waals surface area contributed by atoms with Gasteiger partial charge in [0, 0.05) is 16.1 Å². The van der Waals surface area contributed by atoms with E-state index in [9.17, 15) is 9.59 Å². The fourth-order valence-electron chi connectivity index (χ4n) is 2.08. The van der Waals surface area contributed by atoms with E-state index >= 15 is 0 Å². The summed E-state index contributed by atoms with van der Waals surface area (Å²) in [6, 6.07) is 12.1. The molecule has 0 heterocycles. The third-order valence-corrected chi connectivity index (χ3v) is 3.63. The molecule has 5 nitrogen and oxygen atoms in total. The van der Waals surface area contributed by atoms with Crippen LogP contribution in [0.15, 0.2) is 53.0 Å². The number of hydrogen-bond acceptors (Lipinski definition) is 3. The average molecular weight is 389 g/mol. The Morgan fingerprint density at radius 2 is 2.00 bits per heavy atom. The highest BCUT2D eigenvalue weighted by molar-refractivity contribution is 9.10. The first-order valence-electron chi connectivity index (χ1n) is 7.31. The fourth-order valence-corrected chi connectivity index (χ4v) is 2.46. The van der Waals surface area contributed by atoms with Crippen LogP contribution in [0.25, 0.3) is 6.08 Å². The summed E-state index contributed by atoms with van der Waals surface area (Å²) >= 11 is 3.39. The predicted molar refractivity (Wildman–Crippen MR) is 97.9 cm³/mol. The van der Waals surface area contributed by atoms with Gasteiger partial charge < -0.3 is 15.8 Å². The number of para-hydroxylation sites is 1. The number of carbonyl (C=O) groups excluding carboxylic acids is 2. The van der Waals surface area contributed by atoms with Crippen LogP contribution in [0.1, 0.15) is 22.8 Å². The molecule has 6 heteroatoms. The largest absolute Gasteiger partial charge is 0.493 e. The first kappa shape index (κ1) is 17.7. The van der Waals surface area contributed by atoms with Crippen molar-refractivity contribution in [3.05, 3.63) is 64.1 Å². The quantitative estimate of drug-likeness (QED) is 0.741. The Labute approximate surface area is 148 Å². The van der Waals surface area contributed by atoms with Gasteiger partial charge in [0.2, 0.25) is 5.91 Å². The van der Waals surface area contributed by atoms with Gasteiger partial charge in [-0.3, -0.25) is 9.59 Å². The van der Waals surface area contributed by atoms with Gasteiger partial charge in [-0.05, 0) is 43.3 Å². The lowest BCUT2D eigenvalue weighted by molar-refractivity contribution is -0.111. The van der Waals surface area contributed by atoms with E-state index in [0.717, 1.165) is 10.0 Å². The maximum absolute atomic E-state index is 12.1. The van der Waals surface area contributed by atoms with Crippen molar-refractivity contribution in [3.8, 4) is 5.75 Å². The number of halogens is 1. The van der Waals surface area contributed by atoms with Crippen LogP contribution in [0.3, 0.4) is 0 Å². The number of primary amides is 1. The summed E-state index contributed by atoms with van der Waals surface area (Å²) in [5.74, 6) is -0.283. The zero-order chi connectivity index (χ0) is 17.5. The molecule has 0 aliphatic heterocycles. The number of nitrogens with two attached hydrogens (primary N) is 1. The second-order valence-electron chi connectivity index (χ2n) is 4.85. The lowest BCUT2D eigenvalue weighted by Gasteiger charge is -2.08. The summed E-state index contributed by atoms with van der Waals surface area (Å²) in [7, 11) is 0. The number of rotatable bonds is 6. The number of hydrogen-bond donors (Lipinski definition) is 2. The normalized spacial score (nSPS) is 10.6. The van der Waals surface area contributed by atoms with Gasteiger partial charge in [-0.25, -0.2) is 0 Å². The summed E-state index contributed by atoms with van der Waals surface area (Å²) in [5.41, 5.74) is 6.70. The molecule has 2 aromatic carbocycles. The molecule has 2 amide bonds. The van der Waals surface area contributed by atoms with E-state index in [1.54, 1.807) is 30.3 Å². The molecule has 0 fully saturated rings. The molecule has 0 saturated carbocycles. The van der Waals surface area contributed by atoms with Gasteiger partial charge in [0.05, 0.1) is 17.9 Å². The molecular formula is C18H17BrN2O3. The van der Waals surface area contributed by atoms with E-state index in [2.05, 4.69) is 21.2 Å². The zero-order valence-electron chi connectivity index (χ0n) is 13.1. The predicted octanol–water partition coefficient (Wildman–Crippen LogP) is 3.60. The third kappa shape index (κ3) is 4.70. The minimum atomic E-state index is -0.597. The summed E-state index contributed by atoms with van der Waals surface area (Å²) in [6.07, 6.45) is 3.03. The highest BCUT2D eigenvalue weighted by Crippen LogP contribution is 2.24. The average Bonchev–Trinajstić information content (AvgIpc) is 2.55. The molecule has 0 bridgehead atoms. The van der Waals surface area contributed by atoms with Crippen molar-refractivity contribution in [2.45, 2.75) is 6.92 Å². The number of carbonyl (C=O) groups is 2. The molecule has 0 saturated heterocycles. The molecule has 124 valence electrons. The van der Waals surface area contributed by atoms with E-state index in [1.807, 2.05) is 25.1 Å². The molecule has 0 aliphatic carbocycles. The topological polar surface area (TPSA) is 81.4 Å². The van der Waals surface area contributed by atoms with Crippen LogP contribution >= 0.6 is 15.9 Å². The SMILES string of the molecule is CCOc1ccc(Br)cc1/C=C/C(=O)Nc1ccccc1C(N)=O. The molecule has 2 rings (SSSR count). The Kier molecular flexibility index (Phi) is 6.14. The van der Waals surface area contributed by atoms with Gasteiger partial charge in [-0.2, -0.15) is 0 Å².